The lowest BCUT2D eigenvalue weighted by molar-refractivity contribution is 0.0691. The third-order valence-electron chi connectivity index (χ3n) is 2.48. The van der Waals surface area contributed by atoms with Gasteiger partial charge in [-0.2, -0.15) is 5.26 Å². The van der Waals surface area contributed by atoms with Crippen LogP contribution in [0.1, 0.15) is 16.1 Å². The Morgan fingerprint density at radius 2 is 2.42 bits per heavy atom. The van der Waals surface area contributed by atoms with Crippen LogP contribution in [0.4, 0.5) is 5.69 Å². The lowest BCUT2D eigenvalue weighted by Crippen LogP contribution is -2.10. The number of carbonyl (C=O) groups is 1. The number of anilines is 1. The number of pyridine rings is 1. The summed E-state index contributed by atoms with van der Waals surface area (Å²) in [4.78, 5) is 18.3. The average Bonchev–Trinajstić information content (AvgIpc) is 2.88. The molecule has 0 atom stereocenters. The predicted molar refractivity (Wildman–Crippen MR) is 66.6 cm³/mol. The molecule has 7 heteroatoms. The van der Waals surface area contributed by atoms with Crippen molar-refractivity contribution in [2.45, 2.75) is 6.54 Å². The van der Waals surface area contributed by atoms with Crippen molar-refractivity contribution in [1.29, 1.82) is 5.26 Å². The molecule has 2 N–H and O–H groups in total. The van der Waals surface area contributed by atoms with Gasteiger partial charge < -0.3 is 15.0 Å². The van der Waals surface area contributed by atoms with Crippen molar-refractivity contribution in [3.8, 4) is 6.07 Å². The topological polar surface area (TPSA) is 104 Å². The van der Waals surface area contributed by atoms with Crippen molar-refractivity contribution in [3.63, 3.8) is 0 Å². The van der Waals surface area contributed by atoms with E-state index in [1.807, 2.05) is 0 Å². The van der Waals surface area contributed by atoms with E-state index >= 15 is 0 Å². The van der Waals surface area contributed by atoms with Crippen LogP contribution >= 0.6 is 0 Å². The number of nitrogens with one attached hydrogen (secondary N) is 1. The van der Waals surface area contributed by atoms with E-state index in [2.05, 4.69) is 21.4 Å². The number of aromatic nitrogens is 3. The van der Waals surface area contributed by atoms with Crippen molar-refractivity contribution < 1.29 is 9.90 Å². The minimum Gasteiger partial charge on any atom is -0.476 e. The second-order valence-electron chi connectivity index (χ2n) is 3.76. The smallest absolute Gasteiger partial charge is 0.356 e. The van der Waals surface area contributed by atoms with Crippen LogP contribution in [-0.4, -0.2) is 32.2 Å². The first-order valence-electron chi connectivity index (χ1n) is 5.54. The molecule has 19 heavy (non-hydrogen) atoms. The van der Waals surface area contributed by atoms with Crippen LogP contribution in [0, 0.1) is 11.3 Å². The van der Waals surface area contributed by atoms with Crippen LogP contribution in [0.25, 0.3) is 0 Å². The van der Waals surface area contributed by atoms with E-state index in [0.29, 0.717) is 24.3 Å². The van der Waals surface area contributed by atoms with Gasteiger partial charge in [-0.15, -0.1) is 0 Å². The molecule has 2 aromatic heterocycles. The number of imidazole rings is 1. The molecule has 0 unspecified atom stereocenters. The van der Waals surface area contributed by atoms with E-state index < -0.39 is 5.97 Å². The monoisotopic (exact) mass is 257 g/mol. The summed E-state index contributed by atoms with van der Waals surface area (Å²) in [5, 5.41) is 20.7. The number of nitriles is 1. The largest absolute Gasteiger partial charge is 0.476 e. The molecule has 0 aliphatic rings. The first kappa shape index (κ1) is 12.6. The molecule has 0 spiro atoms. The third kappa shape index (κ3) is 3.07. The molecule has 2 rings (SSSR count). The second kappa shape index (κ2) is 5.64. The SMILES string of the molecule is N#Cc1ccncc1NCCn1cnc(C(=O)O)c1. The van der Waals surface area contributed by atoms with Crippen LogP contribution < -0.4 is 5.32 Å². The zero-order chi connectivity index (χ0) is 13.7. The molecular weight excluding hydrogens is 246 g/mol. The molecule has 96 valence electrons. The molecule has 0 aromatic carbocycles. The summed E-state index contributed by atoms with van der Waals surface area (Å²) < 4.78 is 1.67. The lowest BCUT2D eigenvalue weighted by Gasteiger charge is -2.07. The molecule has 7 nitrogen and oxygen atoms in total. The fourth-order valence-electron chi connectivity index (χ4n) is 1.55. The minimum atomic E-state index is -1.05. The highest BCUT2D eigenvalue weighted by molar-refractivity contribution is 5.84. The highest BCUT2D eigenvalue weighted by Crippen LogP contribution is 2.11. The van der Waals surface area contributed by atoms with Crippen LogP contribution in [0.15, 0.2) is 31.0 Å². The van der Waals surface area contributed by atoms with Gasteiger partial charge in [0.15, 0.2) is 5.69 Å². The van der Waals surface area contributed by atoms with Gasteiger partial charge >= 0.3 is 5.97 Å². The van der Waals surface area contributed by atoms with Gasteiger partial charge in [-0.1, -0.05) is 0 Å². The van der Waals surface area contributed by atoms with Crippen molar-refractivity contribution in [3.05, 3.63) is 42.2 Å². The quantitative estimate of drug-likeness (QED) is 0.826. The summed E-state index contributed by atoms with van der Waals surface area (Å²) in [6.07, 6.45) is 6.05. The molecule has 2 heterocycles. The summed E-state index contributed by atoms with van der Waals surface area (Å²) in [6.45, 7) is 1.08. The zero-order valence-electron chi connectivity index (χ0n) is 9.95. The molecule has 0 radical (unpaired) electrons. The second-order valence-corrected chi connectivity index (χ2v) is 3.76. The summed E-state index contributed by atoms with van der Waals surface area (Å²) in [6, 6.07) is 3.69. The Hall–Kier alpha value is -2.88. The number of nitrogens with zero attached hydrogens (tertiary/aromatic N) is 4. The average molecular weight is 257 g/mol. The molecule has 0 bridgehead atoms. The highest BCUT2D eigenvalue weighted by Gasteiger charge is 2.06. The molecule has 0 saturated heterocycles. The van der Waals surface area contributed by atoms with Crippen molar-refractivity contribution in [1.82, 2.24) is 14.5 Å². The molecule has 0 aliphatic heterocycles. The van der Waals surface area contributed by atoms with E-state index in [-0.39, 0.29) is 5.69 Å². The van der Waals surface area contributed by atoms with Crippen molar-refractivity contribution in [2.24, 2.45) is 0 Å². The summed E-state index contributed by atoms with van der Waals surface area (Å²) in [5.74, 6) is -1.05. The number of hydrogen-bond acceptors (Lipinski definition) is 5. The number of carboxylic acids is 1. The number of carboxylic acid groups (broad SMARTS) is 1. The lowest BCUT2D eigenvalue weighted by atomic mass is 10.2. The van der Waals surface area contributed by atoms with Crippen LogP contribution in [0.5, 0.6) is 0 Å². The summed E-state index contributed by atoms with van der Waals surface area (Å²) >= 11 is 0. The fraction of sp³-hybridized carbons (Fsp3) is 0.167. The van der Waals surface area contributed by atoms with Gasteiger partial charge in [-0.25, -0.2) is 9.78 Å². The van der Waals surface area contributed by atoms with E-state index in [9.17, 15) is 4.79 Å². The maximum atomic E-state index is 10.7. The Labute approximate surface area is 109 Å². The van der Waals surface area contributed by atoms with Gasteiger partial charge in [0.1, 0.15) is 6.07 Å². The Bertz CT molecular complexity index is 629. The minimum absolute atomic E-state index is 0.0130. The van der Waals surface area contributed by atoms with Crippen LogP contribution in [0.2, 0.25) is 0 Å². The van der Waals surface area contributed by atoms with Crippen LogP contribution in [0.3, 0.4) is 0 Å². The van der Waals surface area contributed by atoms with Crippen LogP contribution in [-0.2, 0) is 6.54 Å². The highest BCUT2D eigenvalue weighted by atomic mass is 16.4. The van der Waals surface area contributed by atoms with Crippen molar-refractivity contribution in [2.75, 3.05) is 11.9 Å². The van der Waals surface area contributed by atoms with Gasteiger partial charge in [-0.05, 0) is 6.07 Å². The maximum absolute atomic E-state index is 10.7. The van der Waals surface area contributed by atoms with Gasteiger partial charge in [0.2, 0.25) is 0 Å². The Morgan fingerprint density at radius 1 is 1.58 bits per heavy atom. The number of aromatic carboxylic acids is 1. The summed E-state index contributed by atoms with van der Waals surface area (Å²) in [7, 11) is 0. The number of rotatable bonds is 5. The van der Waals surface area contributed by atoms with E-state index in [0.717, 1.165) is 0 Å². The molecule has 0 fully saturated rings. The number of hydrogen-bond donors (Lipinski definition) is 2. The molecule has 0 saturated carbocycles. The third-order valence-corrected chi connectivity index (χ3v) is 2.48. The van der Waals surface area contributed by atoms with E-state index in [4.69, 9.17) is 10.4 Å². The predicted octanol–water partition coefficient (Wildman–Crippen LogP) is 0.960. The fourth-order valence-corrected chi connectivity index (χ4v) is 1.55. The Morgan fingerprint density at radius 3 is 3.11 bits per heavy atom. The Kier molecular flexibility index (Phi) is 3.73. The normalized spacial score (nSPS) is 9.84. The maximum Gasteiger partial charge on any atom is 0.356 e. The first-order valence-corrected chi connectivity index (χ1v) is 5.54. The van der Waals surface area contributed by atoms with Crippen molar-refractivity contribution >= 4 is 11.7 Å². The van der Waals surface area contributed by atoms with Gasteiger partial charge in [-0.3, -0.25) is 4.98 Å². The zero-order valence-corrected chi connectivity index (χ0v) is 9.95. The first-order chi connectivity index (χ1) is 9.20. The molecule has 0 amide bonds. The summed E-state index contributed by atoms with van der Waals surface area (Å²) in [5.41, 5.74) is 1.19. The standard InChI is InChI=1S/C12H11N5O2/c13-5-9-1-2-14-6-10(9)15-3-4-17-7-11(12(18)19)16-8-17/h1-2,6-8,15H,3-4H2,(H,18,19). The van der Waals surface area contributed by atoms with Gasteiger partial charge in [0.25, 0.3) is 0 Å². The van der Waals surface area contributed by atoms with E-state index in [1.54, 1.807) is 23.0 Å². The molecule has 0 aliphatic carbocycles. The van der Waals surface area contributed by atoms with E-state index in [1.165, 1.54) is 12.5 Å². The molecule has 2 aromatic rings. The van der Waals surface area contributed by atoms with Gasteiger partial charge in [0.05, 0.1) is 23.8 Å². The molecular formula is C12H11N5O2. The van der Waals surface area contributed by atoms with Gasteiger partial charge in [0, 0.05) is 25.5 Å². The Balaban J connectivity index is 1.93.